The number of aliphatic hydroxyl groups is 1. The topological polar surface area (TPSA) is 59.0 Å². The van der Waals surface area contributed by atoms with Gasteiger partial charge in [0, 0.05) is 0 Å². The summed E-state index contributed by atoms with van der Waals surface area (Å²) >= 11 is 0. The molecule has 0 atom stereocenters. The Kier molecular flexibility index (Phi) is 3.89. The fourth-order valence-electron chi connectivity index (χ4n) is 2.50. The number of likely N-dealkylation sites (tertiary alicyclic amines) is 1. The molecule has 1 amide bonds. The van der Waals surface area contributed by atoms with Gasteiger partial charge in [-0.2, -0.15) is 0 Å². The number of carbonyl (C=O) groups excluding carboxylic acids is 1. The molecule has 0 unspecified atom stereocenters. The van der Waals surface area contributed by atoms with Crippen molar-refractivity contribution in [1.82, 2.24) is 4.90 Å². The number of nitrogens with zero attached hydrogens (tertiary/aromatic N) is 1. The van der Waals surface area contributed by atoms with E-state index >= 15 is 0 Å². The summed E-state index contributed by atoms with van der Waals surface area (Å²) in [5, 5.41) is 10.7. The maximum atomic E-state index is 11.9. The van der Waals surface area contributed by atoms with E-state index in [-0.39, 0.29) is 13.1 Å². The molecule has 116 valence electrons. The Labute approximate surface area is 125 Å². The standard InChI is InChI=1S/C16H23NO4/c1-11-8-12(20-5)6-7-13(11)16(19)9-17(10-16)14(18)21-15(2,3)4/h6-8,19H,9-10H2,1-5H3. The van der Waals surface area contributed by atoms with E-state index in [1.165, 1.54) is 4.90 Å². The third-order valence-corrected chi connectivity index (χ3v) is 3.49. The van der Waals surface area contributed by atoms with Crippen LogP contribution in [0.4, 0.5) is 4.79 Å². The number of carbonyl (C=O) groups is 1. The van der Waals surface area contributed by atoms with Gasteiger partial charge in [-0.1, -0.05) is 6.07 Å². The number of hydrogen-bond donors (Lipinski definition) is 1. The van der Waals surface area contributed by atoms with Crippen LogP contribution < -0.4 is 4.74 Å². The molecule has 0 aliphatic carbocycles. The highest BCUT2D eigenvalue weighted by molar-refractivity contribution is 5.70. The minimum Gasteiger partial charge on any atom is -0.497 e. The SMILES string of the molecule is COc1ccc(C2(O)CN(C(=O)OC(C)(C)C)C2)c(C)c1. The molecule has 1 aliphatic rings. The van der Waals surface area contributed by atoms with Crippen LogP contribution >= 0.6 is 0 Å². The molecule has 0 saturated carbocycles. The van der Waals surface area contributed by atoms with Crippen LogP contribution in [-0.4, -0.2) is 41.9 Å². The quantitative estimate of drug-likeness (QED) is 0.910. The molecule has 1 saturated heterocycles. The fraction of sp³-hybridized carbons (Fsp3) is 0.562. The molecule has 2 rings (SSSR count). The first-order chi connectivity index (χ1) is 9.64. The van der Waals surface area contributed by atoms with E-state index < -0.39 is 17.3 Å². The van der Waals surface area contributed by atoms with Gasteiger partial charge in [-0.3, -0.25) is 0 Å². The molecule has 1 heterocycles. The number of benzene rings is 1. The molecule has 1 aliphatic heterocycles. The highest BCUT2D eigenvalue weighted by Gasteiger charge is 2.47. The Bertz CT molecular complexity index is 542. The van der Waals surface area contributed by atoms with Crippen LogP contribution in [-0.2, 0) is 10.3 Å². The summed E-state index contributed by atoms with van der Waals surface area (Å²) in [7, 11) is 1.61. The lowest BCUT2D eigenvalue weighted by molar-refractivity contribution is -0.104. The maximum Gasteiger partial charge on any atom is 0.410 e. The molecule has 1 fully saturated rings. The van der Waals surface area contributed by atoms with Crippen LogP contribution in [0, 0.1) is 6.92 Å². The number of amides is 1. The van der Waals surface area contributed by atoms with Gasteiger partial charge in [0.25, 0.3) is 0 Å². The Morgan fingerprint density at radius 2 is 1.95 bits per heavy atom. The van der Waals surface area contributed by atoms with Gasteiger partial charge < -0.3 is 19.5 Å². The van der Waals surface area contributed by atoms with Gasteiger partial charge in [-0.15, -0.1) is 0 Å². The number of rotatable bonds is 2. The van der Waals surface area contributed by atoms with Crippen molar-refractivity contribution >= 4 is 6.09 Å². The van der Waals surface area contributed by atoms with E-state index in [1.54, 1.807) is 7.11 Å². The maximum absolute atomic E-state index is 11.9. The normalized spacial score (nSPS) is 17.1. The first-order valence-corrected chi connectivity index (χ1v) is 7.00. The smallest absolute Gasteiger partial charge is 0.410 e. The molecule has 1 N–H and O–H groups in total. The average molecular weight is 293 g/mol. The summed E-state index contributed by atoms with van der Waals surface area (Å²) in [5.41, 5.74) is 0.234. The third kappa shape index (κ3) is 3.29. The molecular formula is C16H23NO4. The van der Waals surface area contributed by atoms with Crippen molar-refractivity contribution in [3.05, 3.63) is 29.3 Å². The molecule has 0 radical (unpaired) electrons. The van der Waals surface area contributed by atoms with Crippen molar-refractivity contribution in [2.75, 3.05) is 20.2 Å². The summed E-state index contributed by atoms with van der Waals surface area (Å²) in [6.45, 7) is 7.88. The van der Waals surface area contributed by atoms with Crippen LogP contribution in [0.25, 0.3) is 0 Å². The van der Waals surface area contributed by atoms with Gasteiger partial charge >= 0.3 is 6.09 Å². The van der Waals surface area contributed by atoms with Gasteiger partial charge in [0.05, 0.1) is 20.2 Å². The van der Waals surface area contributed by atoms with Gasteiger partial charge in [0.1, 0.15) is 17.0 Å². The van der Waals surface area contributed by atoms with Crippen molar-refractivity contribution in [3.8, 4) is 5.75 Å². The molecule has 0 bridgehead atoms. The lowest BCUT2D eigenvalue weighted by Gasteiger charge is -2.47. The van der Waals surface area contributed by atoms with Crippen molar-refractivity contribution in [2.24, 2.45) is 0 Å². The highest BCUT2D eigenvalue weighted by Crippen LogP contribution is 2.35. The summed E-state index contributed by atoms with van der Waals surface area (Å²) in [5.74, 6) is 0.753. The second-order valence-electron chi connectivity index (χ2n) is 6.55. The van der Waals surface area contributed by atoms with Gasteiger partial charge in [-0.05, 0) is 51.0 Å². The molecule has 21 heavy (non-hydrogen) atoms. The van der Waals surface area contributed by atoms with E-state index in [2.05, 4.69) is 0 Å². The van der Waals surface area contributed by atoms with Crippen LogP contribution in [0.2, 0.25) is 0 Å². The fourth-order valence-corrected chi connectivity index (χ4v) is 2.50. The zero-order chi connectivity index (χ0) is 15.8. The summed E-state index contributed by atoms with van der Waals surface area (Å²) in [6, 6.07) is 5.54. The van der Waals surface area contributed by atoms with Gasteiger partial charge in [0.2, 0.25) is 0 Å². The summed E-state index contributed by atoms with van der Waals surface area (Å²) < 4.78 is 10.5. The molecular weight excluding hydrogens is 270 g/mol. The summed E-state index contributed by atoms with van der Waals surface area (Å²) in [4.78, 5) is 13.4. The Morgan fingerprint density at radius 1 is 1.33 bits per heavy atom. The van der Waals surface area contributed by atoms with E-state index in [0.717, 1.165) is 16.9 Å². The average Bonchev–Trinajstić information content (AvgIpc) is 2.32. The van der Waals surface area contributed by atoms with E-state index in [1.807, 2.05) is 45.9 Å². The second-order valence-corrected chi connectivity index (χ2v) is 6.55. The molecule has 1 aromatic rings. The number of β-amino-alcohol motifs (C(OH)–C–C–N with tert-alkyl or cyclic N) is 1. The minimum absolute atomic E-state index is 0.245. The first kappa shape index (κ1) is 15.6. The van der Waals surface area contributed by atoms with Crippen LogP contribution in [0.5, 0.6) is 5.75 Å². The number of aryl methyl sites for hydroxylation is 1. The second kappa shape index (κ2) is 5.22. The van der Waals surface area contributed by atoms with Crippen molar-refractivity contribution in [1.29, 1.82) is 0 Å². The van der Waals surface area contributed by atoms with Crippen molar-refractivity contribution in [2.45, 2.75) is 38.9 Å². The monoisotopic (exact) mass is 293 g/mol. The molecule has 5 nitrogen and oxygen atoms in total. The zero-order valence-corrected chi connectivity index (χ0v) is 13.3. The van der Waals surface area contributed by atoms with Crippen LogP contribution in [0.1, 0.15) is 31.9 Å². The minimum atomic E-state index is -1.01. The van der Waals surface area contributed by atoms with E-state index in [0.29, 0.717) is 0 Å². The molecule has 1 aromatic carbocycles. The van der Waals surface area contributed by atoms with Gasteiger partial charge in [-0.25, -0.2) is 4.79 Å². The molecule has 0 aromatic heterocycles. The lowest BCUT2D eigenvalue weighted by atomic mass is 9.84. The Morgan fingerprint density at radius 3 is 2.43 bits per heavy atom. The van der Waals surface area contributed by atoms with E-state index in [9.17, 15) is 9.90 Å². The summed E-state index contributed by atoms with van der Waals surface area (Å²) in [6.07, 6.45) is -0.390. The number of ether oxygens (including phenoxy) is 2. The Balaban J connectivity index is 2.06. The zero-order valence-electron chi connectivity index (χ0n) is 13.3. The third-order valence-electron chi connectivity index (χ3n) is 3.49. The van der Waals surface area contributed by atoms with Crippen molar-refractivity contribution < 1.29 is 19.4 Å². The Hall–Kier alpha value is -1.75. The van der Waals surface area contributed by atoms with E-state index in [4.69, 9.17) is 9.47 Å². The molecule has 0 spiro atoms. The molecule has 5 heteroatoms. The number of hydrogen-bond acceptors (Lipinski definition) is 4. The predicted molar refractivity (Wildman–Crippen MR) is 79.4 cm³/mol. The van der Waals surface area contributed by atoms with Crippen LogP contribution in [0.3, 0.4) is 0 Å². The predicted octanol–water partition coefficient (Wildman–Crippen LogP) is 2.44. The largest absolute Gasteiger partial charge is 0.497 e. The van der Waals surface area contributed by atoms with Crippen LogP contribution in [0.15, 0.2) is 18.2 Å². The van der Waals surface area contributed by atoms with Gasteiger partial charge in [0.15, 0.2) is 0 Å². The first-order valence-electron chi connectivity index (χ1n) is 7.00. The highest BCUT2D eigenvalue weighted by atomic mass is 16.6. The van der Waals surface area contributed by atoms with Crippen molar-refractivity contribution in [3.63, 3.8) is 0 Å². The number of methoxy groups -OCH3 is 1. The lowest BCUT2D eigenvalue weighted by Crippen LogP contribution is -2.62.